The molecule has 0 heterocycles. The van der Waals surface area contributed by atoms with Crippen molar-refractivity contribution in [1.82, 2.24) is 0 Å². The molecule has 4 heteroatoms. The summed E-state index contributed by atoms with van der Waals surface area (Å²) in [7, 11) is 6.91. The fourth-order valence-corrected chi connectivity index (χ4v) is 7.15. The Hall–Kier alpha value is -0.350. The summed E-state index contributed by atoms with van der Waals surface area (Å²) in [6, 6.07) is 0. The van der Waals surface area contributed by atoms with Crippen molar-refractivity contribution in [3.05, 3.63) is 24.3 Å². The number of hydrogen-bond acceptors (Lipinski definition) is 2. The molecular weight excluding hydrogens is 670 g/mol. The molecule has 53 heavy (non-hydrogen) atoms. The molecule has 0 aromatic heterocycles. The Kier molecular flexibility index (Phi) is 47.6. The van der Waals surface area contributed by atoms with Crippen molar-refractivity contribution in [3.63, 3.8) is 0 Å². The van der Waals surface area contributed by atoms with Gasteiger partial charge in [-0.15, -0.1) is 0 Å². The summed E-state index contributed by atoms with van der Waals surface area (Å²) < 4.78 is 13.7. The number of quaternary nitrogens is 1. The van der Waals surface area contributed by atoms with Gasteiger partial charge < -0.3 is 26.4 Å². The maximum absolute atomic E-state index is 6.44. The van der Waals surface area contributed by atoms with Gasteiger partial charge in [-0.2, -0.15) is 0 Å². The van der Waals surface area contributed by atoms with E-state index in [-0.39, 0.29) is 18.5 Å². The van der Waals surface area contributed by atoms with Crippen molar-refractivity contribution in [2.45, 2.75) is 245 Å². The van der Waals surface area contributed by atoms with Crippen molar-refractivity contribution in [2.75, 3.05) is 47.5 Å². The standard InChI is InChI=1S/C49H98NO2.ClH/c1-6-8-10-12-14-16-18-20-22-24-26-28-30-34-38-42-46-51-48-49(44-40-36-32-33-37-41-45-50(3,4)5)52-47-43-39-35-31-29-27-25-23-21-19-17-15-13-11-9-7-2;/h20-23,49H,6-19,24-48H2,1-5H3;1H/q+1;/p-1/t49-;/m1./s1. The van der Waals surface area contributed by atoms with Crippen LogP contribution in [0.4, 0.5) is 0 Å². The molecule has 0 aromatic carbocycles. The minimum atomic E-state index is 0. The van der Waals surface area contributed by atoms with Crippen LogP contribution >= 0.6 is 0 Å². The molecule has 0 saturated heterocycles. The molecule has 0 radical (unpaired) electrons. The van der Waals surface area contributed by atoms with Crippen LogP contribution in [0.1, 0.15) is 239 Å². The summed E-state index contributed by atoms with van der Waals surface area (Å²) in [4.78, 5) is 0. The molecule has 1 atom stereocenters. The molecule has 0 aliphatic heterocycles. The van der Waals surface area contributed by atoms with Gasteiger partial charge in [0.2, 0.25) is 0 Å². The highest BCUT2D eigenvalue weighted by atomic mass is 35.5. The third-order valence-corrected chi connectivity index (χ3v) is 10.7. The first-order chi connectivity index (χ1) is 25.5. The van der Waals surface area contributed by atoms with Gasteiger partial charge in [0.1, 0.15) is 0 Å². The van der Waals surface area contributed by atoms with Crippen molar-refractivity contribution < 1.29 is 26.4 Å². The predicted molar refractivity (Wildman–Crippen MR) is 235 cm³/mol. The van der Waals surface area contributed by atoms with Gasteiger partial charge in [-0.1, -0.05) is 179 Å². The average Bonchev–Trinajstić information content (AvgIpc) is 3.12. The molecule has 0 fully saturated rings. The van der Waals surface area contributed by atoms with Gasteiger partial charge in [0.15, 0.2) is 0 Å². The second-order valence-electron chi connectivity index (χ2n) is 17.4. The monoisotopic (exact) mass is 768 g/mol. The predicted octanol–water partition coefficient (Wildman–Crippen LogP) is 12.9. The maximum atomic E-state index is 6.44. The quantitative estimate of drug-likeness (QED) is 0.0349. The molecular formula is C49H98ClNO2. The highest BCUT2D eigenvalue weighted by Gasteiger charge is 2.10. The second-order valence-corrected chi connectivity index (χ2v) is 17.4. The van der Waals surface area contributed by atoms with Crippen LogP contribution in [-0.4, -0.2) is 58.1 Å². The van der Waals surface area contributed by atoms with E-state index in [9.17, 15) is 0 Å². The van der Waals surface area contributed by atoms with Gasteiger partial charge in [0.05, 0.1) is 40.4 Å². The molecule has 0 rings (SSSR count). The van der Waals surface area contributed by atoms with E-state index < -0.39 is 0 Å². The van der Waals surface area contributed by atoms with Crippen LogP contribution in [0.25, 0.3) is 0 Å². The molecule has 0 aliphatic carbocycles. The lowest BCUT2D eigenvalue weighted by molar-refractivity contribution is -0.870. The topological polar surface area (TPSA) is 18.5 Å². The fraction of sp³-hybridized carbons (Fsp3) is 0.918. The number of allylic oxidation sites excluding steroid dienone is 4. The van der Waals surface area contributed by atoms with Gasteiger partial charge in [0.25, 0.3) is 0 Å². The minimum Gasteiger partial charge on any atom is -1.00 e. The van der Waals surface area contributed by atoms with E-state index in [1.807, 2.05) is 0 Å². The molecule has 0 amide bonds. The summed E-state index contributed by atoms with van der Waals surface area (Å²) in [5.74, 6) is 0. The Balaban J connectivity index is 0. The summed E-state index contributed by atoms with van der Waals surface area (Å²) in [5.41, 5.74) is 0. The number of nitrogens with zero attached hydrogens (tertiary/aromatic N) is 1. The molecule has 0 bridgehead atoms. The summed E-state index contributed by atoms with van der Waals surface area (Å²) in [6.07, 6.45) is 57.2. The Morgan fingerprint density at radius 3 is 1.15 bits per heavy atom. The number of ether oxygens (including phenoxy) is 2. The van der Waals surface area contributed by atoms with Crippen molar-refractivity contribution in [3.8, 4) is 0 Å². The van der Waals surface area contributed by atoms with Gasteiger partial charge >= 0.3 is 0 Å². The number of rotatable bonds is 44. The molecule has 3 nitrogen and oxygen atoms in total. The number of unbranched alkanes of at least 4 members (excludes halogenated alkanes) is 29. The van der Waals surface area contributed by atoms with Crippen LogP contribution < -0.4 is 12.4 Å². The van der Waals surface area contributed by atoms with E-state index in [0.29, 0.717) is 0 Å². The van der Waals surface area contributed by atoms with Crippen LogP contribution in [0.15, 0.2) is 24.3 Å². The summed E-state index contributed by atoms with van der Waals surface area (Å²) >= 11 is 0. The van der Waals surface area contributed by atoms with Gasteiger partial charge in [-0.25, -0.2) is 0 Å². The molecule has 0 unspecified atom stereocenters. The van der Waals surface area contributed by atoms with Crippen LogP contribution in [-0.2, 0) is 9.47 Å². The van der Waals surface area contributed by atoms with Gasteiger partial charge in [-0.05, 0) is 83.5 Å². The highest BCUT2D eigenvalue weighted by Crippen LogP contribution is 2.15. The van der Waals surface area contributed by atoms with Gasteiger partial charge in [0, 0.05) is 13.2 Å². The summed E-state index contributed by atoms with van der Waals surface area (Å²) in [6.45, 7) is 8.49. The van der Waals surface area contributed by atoms with Crippen molar-refractivity contribution >= 4 is 0 Å². The van der Waals surface area contributed by atoms with E-state index in [0.717, 1.165) is 24.3 Å². The fourth-order valence-electron chi connectivity index (χ4n) is 7.15. The molecule has 318 valence electrons. The Morgan fingerprint density at radius 1 is 0.396 bits per heavy atom. The number of hydrogen-bond donors (Lipinski definition) is 0. The Labute approximate surface area is 341 Å². The normalized spacial score (nSPS) is 12.7. The van der Waals surface area contributed by atoms with E-state index in [4.69, 9.17) is 9.47 Å². The van der Waals surface area contributed by atoms with E-state index >= 15 is 0 Å². The maximum Gasteiger partial charge on any atom is 0.0808 e. The van der Waals surface area contributed by atoms with Gasteiger partial charge in [-0.3, -0.25) is 0 Å². The number of halogens is 1. The zero-order chi connectivity index (χ0) is 37.9. The Bertz CT molecular complexity index is 718. The molecule has 0 aromatic rings. The third kappa shape index (κ3) is 49.6. The molecule has 0 spiro atoms. The first-order valence-corrected chi connectivity index (χ1v) is 23.8. The first-order valence-electron chi connectivity index (χ1n) is 23.8. The molecule has 0 aliphatic rings. The largest absolute Gasteiger partial charge is 1.00 e. The highest BCUT2D eigenvalue weighted by molar-refractivity contribution is 4.82. The summed E-state index contributed by atoms with van der Waals surface area (Å²) in [5, 5.41) is 0. The molecule has 0 N–H and O–H groups in total. The first kappa shape index (κ1) is 54.7. The zero-order valence-electron chi connectivity index (χ0n) is 37.1. The lowest BCUT2D eigenvalue weighted by Crippen LogP contribution is -3.00. The average molecular weight is 769 g/mol. The van der Waals surface area contributed by atoms with Crippen LogP contribution in [0.5, 0.6) is 0 Å². The lowest BCUT2D eigenvalue weighted by atomic mass is 10.1. The molecule has 0 saturated carbocycles. The zero-order valence-corrected chi connectivity index (χ0v) is 37.9. The smallest absolute Gasteiger partial charge is 0.0808 e. The SMILES string of the molecule is CCCCCCCCC=CCCCCCCCCOC[C@@H](CCCCCCCC[N+](C)(C)C)OCCCCCCCCC=CCCCCCCCC.[Cl-]. The van der Waals surface area contributed by atoms with Crippen LogP contribution in [0, 0.1) is 0 Å². The third-order valence-electron chi connectivity index (χ3n) is 10.7. The Morgan fingerprint density at radius 2 is 0.736 bits per heavy atom. The van der Waals surface area contributed by atoms with E-state index in [1.54, 1.807) is 0 Å². The van der Waals surface area contributed by atoms with Crippen molar-refractivity contribution in [1.29, 1.82) is 0 Å². The van der Waals surface area contributed by atoms with Crippen molar-refractivity contribution in [2.24, 2.45) is 0 Å². The second kappa shape index (κ2) is 46.0. The minimum absolute atomic E-state index is 0. The van der Waals surface area contributed by atoms with Crippen LogP contribution in [0.2, 0.25) is 0 Å². The van der Waals surface area contributed by atoms with E-state index in [2.05, 4.69) is 59.3 Å². The van der Waals surface area contributed by atoms with Crippen LogP contribution in [0.3, 0.4) is 0 Å². The van der Waals surface area contributed by atoms with E-state index in [1.165, 1.54) is 231 Å². The lowest BCUT2D eigenvalue weighted by Gasteiger charge is -2.23.